The van der Waals surface area contributed by atoms with E-state index in [9.17, 15) is 18.0 Å². The van der Waals surface area contributed by atoms with Crippen molar-refractivity contribution in [2.75, 3.05) is 0 Å². The van der Waals surface area contributed by atoms with E-state index in [2.05, 4.69) is 4.98 Å². The number of hydrogen-bond donors (Lipinski definition) is 1. The molecule has 0 aliphatic heterocycles. The van der Waals surface area contributed by atoms with Gasteiger partial charge in [0.25, 0.3) is 0 Å². The van der Waals surface area contributed by atoms with Crippen molar-refractivity contribution in [3.05, 3.63) is 53.7 Å². The van der Waals surface area contributed by atoms with E-state index in [1.54, 1.807) is 30.3 Å². The van der Waals surface area contributed by atoms with E-state index in [0.29, 0.717) is 5.56 Å². The fourth-order valence-corrected chi connectivity index (χ4v) is 1.75. The highest BCUT2D eigenvalue weighted by atomic mass is 19.4. The van der Waals surface area contributed by atoms with Crippen LogP contribution in [0.15, 0.2) is 42.5 Å². The summed E-state index contributed by atoms with van der Waals surface area (Å²) in [6.07, 6.45) is -5.09. The third kappa shape index (κ3) is 3.34. The van der Waals surface area contributed by atoms with Crippen molar-refractivity contribution < 1.29 is 23.1 Å². The van der Waals surface area contributed by atoms with Crippen LogP contribution >= 0.6 is 0 Å². The van der Waals surface area contributed by atoms with Crippen LogP contribution in [-0.2, 0) is 17.4 Å². The summed E-state index contributed by atoms with van der Waals surface area (Å²) in [4.78, 5) is 14.6. The maximum Gasteiger partial charge on any atom is 0.416 e. The molecule has 1 heterocycles. The molecular weight excluding hydrogens is 271 g/mol. The lowest BCUT2D eigenvalue weighted by Crippen LogP contribution is -2.10. The van der Waals surface area contributed by atoms with Crippen molar-refractivity contribution in [2.45, 2.75) is 12.6 Å². The van der Waals surface area contributed by atoms with Gasteiger partial charge in [-0.2, -0.15) is 13.2 Å². The van der Waals surface area contributed by atoms with Gasteiger partial charge in [-0.25, -0.2) is 0 Å². The Morgan fingerprint density at radius 2 is 1.80 bits per heavy atom. The number of rotatable bonds is 3. The van der Waals surface area contributed by atoms with Crippen LogP contribution in [0.3, 0.4) is 0 Å². The second-order valence-electron chi connectivity index (χ2n) is 4.17. The Labute approximate surface area is 112 Å². The first kappa shape index (κ1) is 14.0. The number of aromatic nitrogens is 1. The number of nitrogens with zero attached hydrogens (tertiary/aromatic N) is 1. The number of carboxylic acid groups (broad SMARTS) is 1. The molecule has 0 unspecified atom stereocenters. The summed E-state index contributed by atoms with van der Waals surface area (Å²) in [6.45, 7) is 0. The molecule has 0 bridgehead atoms. The molecule has 0 radical (unpaired) electrons. The van der Waals surface area contributed by atoms with E-state index in [-0.39, 0.29) is 11.4 Å². The maximum absolute atomic E-state index is 12.8. The monoisotopic (exact) mass is 281 g/mol. The van der Waals surface area contributed by atoms with Crippen LogP contribution < -0.4 is 0 Å². The van der Waals surface area contributed by atoms with Gasteiger partial charge >= 0.3 is 12.1 Å². The SMILES string of the molecule is O=C(O)Cc1cc(C(F)(F)F)cc(-c2ccccc2)n1. The first-order valence-electron chi connectivity index (χ1n) is 5.71. The third-order valence-electron chi connectivity index (χ3n) is 2.61. The van der Waals surface area contributed by atoms with Crippen molar-refractivity contribution in [3.63, 3.8) is 0 Å². The summed E-state index contributed by atoms with van der Waals surface area (Å²) < 4.78 is 38.5. The smallest absolute Gasteiger partial charge is 0.416 e. The third-order valence-corrected chi connectivity index (χ3v) is 2.61. The Kier molecular flexibility index (Phi) is 3.74. The molecule has 1 N–H and O–H groups in total. The van der Waals surface area contributed by atoms with Crippen LogP contribution in [0, 0.1) is 0 Å². The Morgan fingerprint density at radius 3 is 2.35 bits per heavy atom. The first-order valence-corrected chi connectivity index (χ1v) is 5.71. The van der Waals surface area contributed by atoms with Gasteiger partial charge in [0.2, 0.25) is 0 Å². The van der Waals surface area contributed by atoms with Crippen LogP contribution in [0.5, 0.6) is 0 Å². The Hall–Kier alpha value is -2.37. The molecule has 3 nitrogen and oxygen atoms in total. The molecule has 0 spiro atoms. The van der Waals surface area contributed by atoms with Gasteiger partial charge in [0, 0.05) is 5.56 Å². The van der Waals surface area contributed by atoms with Gasteiger partial charge in [0.1, 0.15) is 0 Å². The molecule has 1 aromatic carbocycles. The molecule has 0 saturated carbocycles. The largest absolute Gasteiger partial charge is 0.481 e. The number of alkyl halides is 3. The fourth-order valence-electron chi connectivity index (χ4n) is 1.75. The maximum atomic E-state index is 12.8. The van der Waals surface area contributed by atoms with Crippen molar-refractivity contribution in [1.29, 1.82) is 0 Å². The average Bonchev–Trinajstić information content (AvgIpc) is 2.37. The zero-order valence-electron chi connectivity index (χ0n) is 10.2. The molecule has 6 heteroatoms. The highest BCUT2D eigenvalue weighted by molar-refractivity contribution is 5.70. The normalized spacial score (nSPS) is 11.3. The minimum absolute atomic E-state index is 0.108. The first-order chi connectivity index (χ1) is 9.36. The lowest BCUT2D eigenvalue weighted by atomic mass is 10.1. The molecule has 0 saturated heterocycles. The number of carboxylic acids is 1. The second-order valence-corrected chi connectivity index (χ2v) is 4.17. The van der Waals surface area contributed by atoms with E-state index in [0.717, 1.165) is 12.1 Å². The minimum atomic E-state index is -4.54. The predicted octanol–water partition coefficient (Wildman–Crippen LogP) is 3.39. The number of aliphatic carboxylic acids is 1. The van der Waals surface area contributed by atoms with E-state index >= 15 is 0 Å². The number of hydrogen-bond acceptors (Lipinski definition) is 2. The standard InChI is InChI=1S/C14H10F3NO2/c15-14(16,17)10-6-11(8-13(19)20)18-12(7-10)9-4-2-1-3-5-9/h1-7H,8H2,(H,19,20). The summed E-state index contributed by atoms with van der Waals surface area (Å²) in [6, 6.07) is 10.00. The molecule has 0 aliphatic rings. The van der Waals surface area contributed by atoms with Crippen LogP contribution in [0.25, 0.3) is 11.3 Å². The lowest BCUT2D eigenvalue weighted by Gasteiger charge is -2.11. The van der Waals surface area contributed by atoms with Crippen molar-refractivity contribution in [3.8, 4) is 11.3 Å². The topological polar surface area (TPSA) is 50.2 Å². The minimum Gasteiger partial charge on any atom is -0.481 e. The molecule has 104 valence electrons. The summed E-state index contributed by atoms with van der Waals surface area (Å²) >= 11 is 0. The van der Waals surface area contributed by atoms with E-state index < -0.39 is 24.1 Å². The molecule has 2 rings (SSSR count). The van der Waals surface area contributed by atoms with Crippen LogP contribution in [0.2, 0.25) is 0 Å². The average molecular weight is 281 g/mol. The molecule has 20 heavy (non-hydrogen) atoms. The molecule has 2 aromatic rings. The van der Waals surface area contributed by atoms with Crippen LogP contribution in [0.4, 0.5) is 13.2 Å². The zero-order valence-corrected chi connectivity index (χ0v) is 10.2. The molecule has 0 atom stereocenters. The van der Waals surface area contributed by atoms with Gasteiger partial charge in [0.15, 0.2) is 0 Å². The van der Waals surface area contributed by atoms with Crippen molar-refractivity contribution >= 4 is 5.97 Å². The summed E-state index contributed by atoms with van der Waals surface area (Å²) in [5, 5.41) is 8.70. The Bertz CT molecular complexity index is 624. The molecule has 0 fully saturated rings. The summed E-state index contributed by atoms with van der Waals surface area (Å²) in [5.74, 6) is -1.23. The Balaban J connectivity index is 2.54. The van der Waals surface area contributed by atoms with E-state index in [4.69, 9.17) is 5.11 Å². The predicted molar refractivity (Wildman–Crippen MR) is 66.0 cm³/mol. The summed E-state index contributed by atoms with van der Waals surface area (Å²) in [5.41, 5.74) is -0.407. The molecule has 0 amide bonds. The highest BCUT2D eigenvalue weighted by Gasteiger charge is 2.31. The van der Waals surface area contributed by atoms with E-state index in [1.807, 2.05) is 0 Å². The zero-order chi connectivity index (χ0) is 14.8. The number of carbonyl (C=O) groups is 1. The quantitative estimate of drug-likeness (QED) is 0.938. The van der Waals surface area contributed by atoms with Gasteiger partial charge in [0.05, 0.1) is 23.4 Å². The molecule has 1 aromatic heterocycles. The van der Waals surface area contributed by atoms with Gasteiger partial charge in [-0.3, -0.25) is 9.78 Å². The number of pyridine rings is 1. The lowest BCUT2D eigenvalue weighted by molar-refractivity contribution is -0.138. The second kappa shape index (κ2) is 5.32. The van der Waals surface area contributed by atoms with Gasteiger partial charge < -0.3 is 5.11 Å². The van der Waals surface area contributed by atoms with Gasteiger partial charge in [-0.05, 0) is 12.1 Å². The van der Waals surface area contributed by atoms with Crippen molar-refractivity contribution in [2.24, 2.45) is 0 Å². The van der Waals surface area contributed by atoms with Crippen molar-refractivity contribution in [1.82, 2.24) is 4.98 Å². The van der Waals surface area contributed by atoms with E-state index in [1.165, 1.54) is 0 Å². The van der Waals surface area contributed by atoms with Crippen LogP contribution in [-0.4, -0.2) is 16.1 Å². The highest BCUT2D eigenvalue weighted by Crippen LogP contribution is 2.32. The van der Waals surface area contributed by atoms with Crippen LogP contribution in [0.1, 0.15) is 11.3 Å². The van der Waals surface area contributed by atoms with Gasteiger partial charge in [-0.15, -0.1) is 0 Å². The Morgan fingerprint density at radius 1 is 1.15 bits per heavy atom. The molecule has 0 aliphatic carbocycles. The summed E-state index contributed by atoms with van der Waals surface area (Å²) in [7, 11) is 0. The molecular formula is C14H10F3NO2. The number of benzene rings is 1. The fraction of sp³-hybridized carbons (Fsp3) is 0.143. The van der Waals surface area contributed by atoms with Gasteiger partial charge in [-0.1, -0.05) is 30.3 Å². The number of halogens is 3.